The number of nitrogens with zero attached hydrogens (tertiary/aromatic N) is 2. The van der Waals surface area contributed by atoms with Crippen LogP contribution in [0.1, 0.15) is 27.2 Å². The molecular formula is C20H19ClN4O. The zero-order valence-electron chi connectivity index (χ0n) is 14.6. The van der Waals surface area contributed by atoms with E-state index in [0.717, 1.165) is 5.56 Å². The molecule has 3 rings (SSSR count). The van der Waals surface area contributed by atoms with Crippen molar-refractivity contribution >= 4 is 29.0 Å². The van der Waals surface area contributed by atoms with Crippen LogP contribution in [-0.2, 0) is 6.54 Å². The first-order valence-electron chi connectivity index (χ1n) is 8.21. The Morgan fingerprint density at radius 2 is 1.85 bits per heavy atom. The van der Waals surface area contributed by atoms with Crippen molar-refractivity contribution in [3.05, 3.63) is 82.3 Å². The molecule has 0 saturated heterocycles. The van der Waals surface area contributed by atoms with Crippen LogP contribution >= 0.6 is 11.6 Å². The van der Waals surface area contributed by atoms with Crippen LogP contribution in [0.5, 0.6) is 0 Å². The highest BCUT2D eigenvalue weighted by atomic mass is 35.5. The minimum absolute atomic E-state index is 0.251. The van der Waals surface area contributed by atoms with Gasteiger partial charge in [0.05, 0.1) is 12.4 Å². The average molecular weight is 367 g/mol. The number of hydrogen-bond donors (Lipinski definition) is 2. The first-order chi connectivity index (χ1) is 12.5. The second-order valence-electron chi connectivity index (χ2n) is 5.98. The number of carbonyl (C=O) groups is 1. The standard InChI is InChI=1S/C20H19ClN4O/c1-13-5-3-4-6-15(13)10-23-19-12-22-18(11-24-19)20(26)25-17-8-7-16(21)9-14(17)2/h3-9,11-12H,10H2,1-2H3,(H,23,24)(H,25,26). The predicted molar refractivity (Wildman–Crippen MR) is 105 cm³/mol. The van der Waals surface area contributed by atoms with E-state index in [1.165, 1.54) is 17.3 Å². The summed E-state index contributed by atoms with van der Waals surface area (Å²) in [4.78, 5) is 20.8. The van der Waals surface area contributed by atoms with E-state index in [9.17, 15) is 4.79 Å². The van der Waals surface area contributed by atoms with Gasteiger partial charge in [-0.15, -0.1) is 0 Å². The molecule has 0 spiro atoms. The quantitative estimate of drug-likeness (QED) is 0.691. The number of aryl methyl sites for hydroxylation is 2. The largest absolute Gasteiger partial charge is 0.365 e. The second-order valence-corrected chi connectivity index (χ2v) is 6.42. The van der Waals surface area contributed by atoms with E-state index in [2.05, 4.69) is 39.7 Å². The minimum atomic E-state index is -0.312. The lowest BCUT2D eigenvalue weighted by Crippen LogP contribution is -2.15. The van der Waals surface area contributed by atoms with Gasteiger partial charge in [-0.1, -0.05) is 35.9 Å². The summed E-state index contributed by atoms with van der Waals surface area (Å²) < 4.78 is 0. The number of hydrogen-bond acceptors (Lipinski definition) is 4. The van der Waals surface area contributed by atoms with E-state index in [4.69, 9.17) is 11.6 Å². The number of amides is 1. The summed E-state index contributed by atoms with van der Waals surface area (Å²) in [6.07, 6.45) is 3.02. The van der Waals surface area contributed by atoms with Crippen LogP contribution in [0.4, 0.5) is 11.5 Å². The number of carbonyl (C=O) groups excluding carboxylic acids is 1. The topological polar surface area (TPSA) is 66.9 Å². The average Bonchev–Trinajstić information content (AvgIpc) is 2.64. The predicted octanol–water partition coefficient (Wildman–Crippen LogP) is 4.61. The third-order valence-electron chi connectivity index (χ3n) is 4.04. The molecule has 0 bridgehead atoms. The van der Waals surface area contributed by atoms with Crippen molar-refractivity contribution in [2.75, 3.05) is 10.6 Å². The van der Waals surface area contributed by atoms with Gasteiger partial charge in [0, 0.05) is 17.3 Å². The zero-order valence-corrected chi connectivity index (χ0v) is 15.3. The molecule has 0 radical (unpaired) electrons. The molecule has 6 heteroatoms. The van der Waals surface area contributed by atoms with Crippen molar-refractivity contribution < 1.29 is 4.79 Å². The fraction of sp³-hybridized carbons (Fsp3) is 0.150. The van der Waals surface area contributed by atoms with Gasteiger partial charge >= 0.3 is 0 Å². The second kappa shape index (κ2) is 7.97. The molecule has 1 aromatic heterocycles. The van der Waals surface area contributed by atoms with Gasteiger partial charge in [-0.05, 0) is 48.7 Å². The summed E-state index contributed by atoms with van der Waals surface area (Å²) in [6.45, 7) is 4.59. The Morgan fingerprint density at radius 1 is 1.04 bits per heavy atom. The zero-order chi connectivity index (χ0) is 18.5. The highest BCUT2D eigenvalue weighted by Gasteiger charge is 2.10. The molecule has 26 heavy (non-hydrogen) atoms. The Bertz CT molecular complexity index is 925. The van der Waals surface area contributed by atoms with Gasteiger partial charge in [0.2, 0.25) is 0 Å². The van der Waals surface area contributed by atoms with Crippen LogP contribution in [0.15, 0.2) is 54.9 Å². The minimum Gasteiger partial charge on any atom is -0.365 e. The van der Waals surface area contributed by atoms with Gasteiger partial charge in [0.15, 0.2) is 0 Å². The molecule has 2 N–H and O–H groups in total. The van der Waals surface area contributed by atoms with Crippen molar-refractivity contribution in [2.24, 2.45) is 0 Å². The number of rotatable bonds is 5. The van der Waals surface area contributed by atoms with Crippen LogP contribution < -0.4 is 10.6 Å². The van der Waals surface area contributed by atoms with Gasteiger partial charge in [0.25, 0.3) is 5.91 Å². The maximum atomic E-state index is 12.3. The summed E-state index contributed by atoms with van der Waals surface area (Å²) in [6, 6.07) is 13.4. The van der Waals surface area contributed by atoms with E-state index in [0.29, 0.717) is 23.1 Å². The molecule has 1 heterocycles. The normalized spacial score (nSPS) is 10.4. The van der Waals surface area contributed by atoms with Crippen LogP contribution in [0.3, 0.4) is 0 Å². The molecule has 5 nitrogen and oxygen atoms in total. The first-order valence-corrected chi connectivity index (χ1v) is 8.58. The van der Waals surface area contributed by atoms with E-state index >= 15 is 0 Å². The van der Waals surface area contributed by atoms with Gasteiger partial charge in [-0.3, -0.25) is 4.79 Å². The summed E-state index contributed by atoms with van der Waals surface area (Å²) in [5, 5.41) is 6.66. The molecule has 0 saturated carbocycles. The van der Waals surface area contributed by atoms with Crippen LogP contribution in [0.2, 0.25) is 5.02 Å². The lowest BCUT2D eigenvalue weighted by atomic mass is 10.1. The molecule has 3 aromatic rings. The fourth-order valence-corrected chi connectivity index (χ4v) is 2.71. The van der Waals surface area contributed by atoms with Crippen LogP contribution in [0, 0.1) is 13.8 Å². The molecule has 0 atom stereocenters. The maximum absolute atomic E-state index is 12.3. The number of halogens is 1. The Balaban J connectivity index is 1.63. The number of aromatic nitrogens is 2. The van der Waals surface area contributed by atoms with Gasteiger partial charge in [-0.25, -0.2) is 9.97 Å². The third-order valence-corrected chi connectivity index (χ3v) is 4.28. The monoisotopic (exact) mass is 366 g/mol. The number of benzene rings is 2. The lowest BCUT2D eigenvalue weighted by molar-refractivity contribution is 0.102. The van der Waals surface area contributed by atoms with Gasteiger partial charge < -0.3 is 10.6 Å². The first kappa shape index (κ1) is 17.9. The van der Waals surface area contributed by atoms with Crippen molar-refractivity contribution in [2.45, 2.75) is 20.4 Å². The Labute approximate surface area is 157 Å². The Morgan fingerprint density at radius 3 is 2.54 bits per heavy atom. The van der Waals surface area contributed by atoms with Gasteiger partial charge in [-0.2, -0.15) is 0 Å². The van der Waals surface area contributed by atoms with Crippen LogP contribution in [-0.4, -0.2) is 15.9 Å². The molecule has 0 fully saturated rings. The summed E-state index contributed by atoms with van der Waals surface area (Å²) >= 11 is 5.93. The lowest BCUT2D eigenvalue weighted by Gasteiger charge is -2.10. The smallest absolute Gasteiger partial charge is 0.275 e. The van der Waals surface area contributed by atoms with E-state index in [1.54, 1.807) is 24.4 Å². The Kier molecular flexibility index (Phi) is 5.49. The highest BCUT2D eigenvalue weighted by Crippen LogP contribution is 2.20. The molecule has 0 aliphatic rings. The highest BCUT2D eigenvalue weighted by molar-refractivity contribution is 6.30. The van der Waals surface area contributed by atoms with Crippen molar-refractivity contribution in [3.63, 3.8) is 0 Å². The molecule has 1 amide bonds. The molecular weight excluding hydrogens is 348 g/mol. The van der Waals surface area contributed by atoms with Crippen LogP contribution in [0.25, 0.3) is 0 Å². The molecule has 0 aliphatic heterocycles. The summed E-state index contributed by atoms with van der Waals surface area (Å²) in [5.74, 6) is 0.306. The van der Waals surface area contributed by atoms with Crippen molar-refractivity contribution in [1.29, 1.82) is 0 Å². The van der Waals surface area contributed by atoms with Crippen molar-refractivity contribution in [1.82, 2.24) is 9.97 Å². The third kappa shape index (κ3) is 4.37. The molecule has 132 valence electrons. The summed E-state index contributed by atoms with van der Waals surface area (Å²) in [5.41, 5.74) is 4.23. The SMILES string of the molecule is Cc1ccccc1CNc1cnc(C(=O)Nc2ccc(Cl)cc2C)cn1. The van der Waals surface area contributed by atoms with Crippen molar-refractivity contribution in [3.8, 4) is 0 Å². The number of anilines is 2. The maximum Gasteiger partial charge on any atom is 0.275 e. The number of nitrogens with one attached hydrogen (secondary N) is 2. The molecule has 0 aliphatic carbocycles. The molecule has 2 aromatic carbocycles. The van der Waals surface area contributed by atoms with Gasteiger partial charge in [0.1, 0.15) is 11.5 Å². The molecule has 0 unspecified atom stereocenters. The van der Waals surface area contributed by atoms with E-state index in [-0.39, 0.29) is 11.6 Å². The fourth-order valence-electron chi connectivity index (χ4n) is 2.48. The van der Waals surface area contributed by atoms with E-state index < -0.39 is 0 Å². The summed E-state index contributed by atoms with van der Waals surface area (Å²) in [7, 11) is 0. The Hall–Kier alpha value is -2.92. The van der Waals surface area contributed by atoms with E-state index in [1.807, 2.05) is 19.1 Å².